The number of halogens is 3. The number of hydrogen-bond acceptors (Lipinski definition) is 2. The third-order valence-corrected chi connectivity index (χ3v) is 2.97. The van der Waals surface area contributed by atoms with E-state index in [-0.39, 0.29) is 12.1 Å². The van der Waals surface area contributed by atoms with Crippen molar-refractivity contribution in [3.05, 3.63) is 0 Å². The normalized spacial score (nSPS) is 16.6. The summed E-state index contributed by atoms with van der Waals surface area (Å²) in [5.41, 5.74) is 0. The molecule has 0 aromatic carbocycles. The van der Waals surface area contributed by atoms with E-state index >= 15 is 0 Å². The standard InChI is InChI=1S/C12H25F3N2/c1-6-10(4)16-7-11(5)17(9(2)3)8-12(13,14)15/h9-11,16H,6-8H2,1-5H3. The van der Waals surface area contributed by atoms with Crippen LogP contribution in [0, 0.1) is 0 Å². The number of nitrogens with one attached hydrogen (secondary N) is 1. The maximum absolute atomic E-state index is 12.4. The van der Waals surface area contributed by atoms with Crippen LogP contribution in [0.5, 0.6) is 0 Å². The average Bonchev–Trinajstić information content (AvgIpc) is 2.20. The molecule has 2 nitrogen and oxygen atoms in total. The second-order valence-electron chi connectivity index (χ2n) is 4.95. The lowest BCUT2D eigenvalue weighted by atomic mass is 10.2. The first-order valence-corrected chi connectivity index (χ1v) is 6.23. The van der Waals surface area contributed by atoms with Crippen molar-refractivity contribution in [3.63, 3.8) is 0 Å². The zero-order valence-corrected chi connectivity index (χ0v) is 11.4. The maximum atomic E-state index is 12.4. The van der Waals surface area contributed by atoms with Crippen molar-refractivity contribution in [1.82, 2.24) is 10.2 Å². The van der Waals surface area contributed by atoms with Crippen LogP contribution in [0.2, 0.25) is 0 Å². The Morgan fingerprint density at radius 3 is 2.00 bits per heavy atom. The van der Waals surface area contributed by atoms with Gasteiger partial charge in [0.15, 0.2) is 0 Å². The van der Waals surface area contributed by atoms with Gasteiger partial charge in [0, 0.05) is 24.7 Å². The van der Waals surface area contributed by atoms with Crippen LogP contribution in [-0.2, 0) is 0 Å². The summed E-state index contributed by atoms with van der Waals surface area (Å²) in [5, 5.41) is 3.24. The second-order valence-corrected chi connectivity index (χ2v) is 4.95. The Bertz CT molecular complexity index is 204. The Kier molecular flexibility index (Phi) is 7.09. The van der Waals surface area contributed by atoms with E-state index in [1.165, 1.54) is 4.90 Å². The quantitative estimate of drug-likeness (QED) is 0.751. The van der Waals surface area contributed by atoms with Crippen LogP contribution in [-0.4, -0.2) is 42.3 Å². The van der Waals surface area contributed by atoms with E-state index in [4.69, 9.17) is 0 Å². The van der Waals surface area contributed by atoms with Gasteiger partial charge in [-0.15, -0.1) is 0 Å². The number of nitrogens with zero attached hydrogens (tertiary/aromatic N) is 1. The maximum Gasteiger partial charge on any atom is 0.401 e. The molecule has 0 radical (unpaired) electrons. The highest BCUT2D eigenvalue weighted by Gasteiger charge is 2.33. The van der Waals surface area contributed by atoms with Crippen molar-refractivity contribution in [3.8, 4) is 0 Å². The van der Waals surface area contributed by atoms with Gasteiger partial charge in [-0.25, -0.2) is 0 Å². The van der Waals surface area contributed by atoms with E-state index < -0.39 is 12.7 Å². The van der Waals surface area contributed by atoms with E-state index in [0.717, 1.165) is 6.42 Å². The van der Waals surface area contributed by atoms with Crippen molar-refractivity contribution >= 4 is 0 Å². The van der Waals surface area contributed by atoms with Gasteiger partial charge in [0.1, 0.15) is 0 Å². The molecule has 2 atom stereocenters. The summed E-state index contributed by atoms with van der Waals surface area (Å²) in [4.78, 5) is 1.48. The van der Waals surface area contributed by atoms with Crippen LogP contribution in [0.3, 0.4) is 0 Å². The monoisotopic (exact) mass is 254 g/mol. The first kappa shape index (κ1) is 16.7. The average molecular weight is 254 g/mol. The molecule has 0 amide bonds. The van der Waals surface area contributed by atoms with Crippen molar-refractivity contribution in [2.75, 3.05) is 13.1 Å². The molecule has 0 spiro atoms. The van der Waals surface area contributed by atoms with Crippen LogP contribution in [0.15, 0.2) is 0 Å². The molecule has 0 rings (SSSR count). The fraction of sp³-hybridized carbons (Fsp3) is 1.00. The molecule has 0 saturated carbocycles. The molecule has 0 aromatic rings. The van der Waals surface area contributed by atoms with Crippen molar-refractivity contribution < 1.29 is 13.2 Å². The molecular formula is C12H25F3N2. The van der Waals surface area contributed by atoms with Crippen LogP contribution in [0.25, 0.3) is 0 Å². The topological polar surface area (TPSA) is 15.3 Å². The molecule has 1 N–H and O–H groups in total. The Morgan fingerprint density at radius 2 is 1.65 bits per heavy atom. The third kappa shape index (κ3) is 7.60. The van der Waals surface area contributed by atoms with Gasteiger partial charge >= 0.3 is 6.18 Å². The van der Waals surface area contributed by atoms with Gasteiger partial charge in [0.25, 0.3) is 0 Å². The van der Waals surface area contributed by atoms with Gasteiger partial charge in [0.05, 0.1) is 6.54 Å². The zero-order valence-electron chi connectivity index (χ0n) is 11.4. The molecule has 17 heavy (non-hydrogen) atoms. The molecule has 0 heterocycles. The third-order valence-electron chi connectivity index (χ3n) is 2.97. The number of hydrogen-bond donors (Lipinski definition) is 1. The van der Waals surface area contributed by atoms with Crippen molar-refractivity contribution in [2.45, 2.75) is 65.3 Å². The minimum absolute atomic E-state index is 0.106. The minimum atomic E-state index is -4.13. The van der Waals surface area contributed by atoms with Crippen molar-refractivity contribution in [2.24, 2.45) is 0 Å². The predicted molar refractivity (Wildman–Crippen MR) is 65.1 cm³/mol. The SMILES string of the molecule is CCC(C)NCC(C)N(CC(F)(F)F)C(C)C. The number of alkyl halides is 3. The minimum Gasteiger partial charge on any atom is -0.313 e. The first-order chi connectivity index (χ1) is 7.67. The molecule has 0 fully saturated rings. The largest absolute Gasteiger partial charge is 0.401 e. The highest BCUT2D eigenvalue weighted by atomic mass is 19.4. The van der Waals surface area contributed by atoms with Gasteiger partial charge in [-0.3, -0.25) is 4.90 Å². The summed E-state index contributed by atoms with van der Waals surface area (Å²) in [6.07, 6.45) is -3.15. The predicted octanol–water partition coefficient (Wildman–Crippen LogP) is 3.04. The molecule has 0 aliphatic heterocycles. The van der Waals surface area contributed by atoms with E-state index in [1.807, 2.05) is 13.8 Å². The summed E-state index contributed by atoms with van der Waals surface area (Å²) in [6.45, 7) is 9.27. The first-order valence-electron chi connectivity index (χ1n) is 6.23. The van der Waals surface area contributed by atoms with E-state index in [0.29, 0.717) is 12.6 Å². The lowest BCUT2D eigenvalue weighted by Crippen LogP contribution is -2.49. The molecule has 0 aliphatic carbocycles. The highest BCUT2D eigenvalue weighted by Crippen LogP contribution is 2.19. The number of rotatable bonds is 7. The zero-order chi connectivity index (χ0) is 13.6. The highest BCUT2D eigenvalue weighted by molar-refractivity contribution is 4.76. The summed E-state index contributed by atoms with van der Waals surface area (Å²) in [5.74, 6) is 0. The van der Waals surface area contributed by atoms with E-state index in [1.54, 1.807) is 13.8 Å². The van der Waals surface area contributed by atoms with Crippen molar-refractivity contribution in [1.29, 1.82) is 0 Å². The molecule has 0 saturated heterocycles. The van der Waals surface area contributed by atoms with Gasteiger partial charge in [-0.05, 0) is 34.1 Å². The molecule has 0 aromatic heterocycles. The summed E-state index contributed by atoms with van der Waals surface area (Å²) in [6, 6.07) is 0.119. The van der Waals surface area contributed by atoms with Crippen LogP contribution >= 0.6 is 0 Å². The Morgan fingerprint density at radius 1 is 1.12 bits per heavy atom. The van der Waals surface area contributed by atoms with Gasteiger partial charge in [-0.1, -0.05) is 6.92 Å². The van der Waals surface area contributed by atoms with E-state index in [9.17, 15) is 13.2 Å². The van der Waals surface area contributed by atoms with Gasteiger partial charge in [0.2, 0.25) is 0 Å². The summed E-state index contributed by atoms with van der Waals surface area (Å²) < 4.78 is 37.3. The molecule has 104 valence electrons. The Balaban J connectivity index is 4.30. The molecule has 0 bridgehead atoms. The van der Waals surface area contributed by atoms with Crippen LogP contribution < -0.4 is 5.32 Å². The fourth-order valence-corrected chi connectivity index (χ4v) is 1.69. The summed E-state index contributed by atoms with van der Waals surface area (Å²) in [7, 11) is 0. The Labute approximate surface area is 103 Å². The van der Waals surface area contributed by atoms with Gasteiger partial charge in [-0.2, -0.15) is 13.2 Å². The van der Waals surface area contributed by atoms with Gasteiger partial charge < -0.3 is 5.32 Å². The molecule has 2 unspecified atom stereocenters. The van der Waals surface area contributed by atoms with Crippen LogP contribution in [0.4, 0.5) is 13.2 Å². The molecular weight excluding hydrogens is 229 g/mol. The molecule has 0 aliphatic rings. The lowest BCUT2D eigenvalue weighted by Gasteiger charge is -2.34. The fourth-order valence-electron chi connectivity index (χ4n) is 1.69. The van der Waals surface area contributed by atoms with E-state index in [2.05, 4.69) is 12.2 Å². The lowest BCUT2D eigenvalue weighted by molar-refractivity contribution is -0.154. The molecule has 5 heteroatoms. The second kappa shape index (κ2) is 7.21. The van der Waals surface area contributed by atoms with Crippen LogP contribution in [0.1, 0.15) is 41.0 Å². The Hall–Kier alpha value is -0.290. The smallest absolute Gasteiger partial charge is 0.313 e. The summed E-state index contributed by atoms with van der Waals surface area (Å²) >= 11 is 0.